The summed E-state index contributed by atoms with van der Waals surface area (Å²) in [5, 5.41) is 18.1. The zero-order valence-corrected chi connectivity index (χ0v) is 18.8. The number of rotatable bonds is 2. The van der Waals surface area contributed by atoms with E-state index in [0.29, 0.717) is 7.14 Å². The van der Waals surface area contributed by atoms with Gasteiger partial charge < -0.3 is 0 Å². The quantitative estimate of drug-likeness (QED) is 0.368. The van der Waals surface area contributed by atoms with Crippen LogP contribution in [0, 0.1) is 10.7 Å². The van der Waals surface area contributed by atoms with Crippen molar-refractivity contribution in [1.29, 1.82) is 0 Å². The first-order chi connectivity index (χ1) is 7.29. The molecule has 1 aromatic carbocycles. The summed E-state index contributed by atoms with van der Waals surface area (Å²) in [6, 6.07) is 0. The van der Waals surface area contributed by atoms with Crippen molar-refractivity contribution < 1.29 is 19.8 Å². The van der Waals surface area contributed by atoms with Gasteiger partial charge in [0.25, 0.3) is 0 Å². The first-order valence-corrected chi connectivity index (χ1v) is 8.16. The van der Waals surface area contributed by atoms with Crippen LogP contribution in [0.25, 0.3) is 0 Å². The predicted molar refractivity (Wildman–Crippen MR) is 101 cm³/mol. The fraction of sp³-hybridized carbons (Fsp3) is 0. The first-order valence-electron chi connectivity index (χ1n) is 3.71. The summed E-state index contributed by atoms with van der Waals surface area (Å²) in [6.45, 7) is 0. The van der Waals surface area contributed by atoms with Crippen LogP contribution in [-0.2, 0) is 0 Å². The number of carbonyl (C=O) groups is 2. The molecule has 0 bridgehead atoms. The summed E-state index contributed by atoms with van der Waals surface area (Å²) in [4.78, 5) is 22.2. The molecule has 0 aliphatic heterocycles. The maximum absolute atomic E-state index is 11.1. The van der Waals surface area contributed by atoms with Gasteiger partial charge in [-0.2, -0.15) is 0 Å². The molecule has 1 aromatic rings. The molecule has 0 spiro atoms. The Kier molecular flexibility index (Phi) is 10.5. The second kappa shape index (κ2) is 8.70. The summed E-state index contributed by atoms with van der Waals surface area (Å²) in [5.74, 6) is -2.18. The van der Waals surface area contributed by atoms with E-state index in [1.54, 1.807) is 22.6 Å². The topological polar surface area (TPSA) is 74.6 Å². The zero-order chi connectivity index (χ0) is 12.6. The molecule has 18 heavy (non-hydrogen) atoms. The van der Waals surface area contributed by atoms with E-state index >= 15 is 0 Å². The molecule has 0 saturated heterocycles. The summed E-state index contributed by atoms with van der Waals surface area (Å²) in [5.41, 5.74) is 0.164. The molecule has 0 heterocycles. The minimum absolute atomic E-state index is 0. The standard InChI is InChI=1S/C8H4AsI3O4.2ClH/c9-3-5(11)1(7(13)14)4(10)2(6(3)12)8(15)16;;/h9H2,(H,13,14)(H,15,16);2*1H. The number of benzene rings is 1. The third-order valence-electron chi connectivity index (χ3n) is 1.78. The SMILES string of the molecule is Cl.Cl.O=C(O)c1c(I)c([AsH2])c(I)c(C(=O)O)c1I. The molecule has 0 aromatic heterocycles. The Morgan fingerprint density at radius 1 is 0.833 bits per heavy atom. The van der Waals surface area contributed by atoms with Gasteiger partial charge in [0.15, 0.2) is 0 Å². The zero-order valence-electron chi connectivity index (χ0n) is 8.24. The van der Waals surface area contributed by atoms with E-state index in [0.717, 1.165) is 4.35 Å². The van der Waals surface area contributed by atoms with Gasteiger partial charge in [-0.05, 0) is 0 Å². The molecule has 0 saturated carbocycles. The Morgan fingerprint density at radius 2 is 1.11 bits per heavy atom. The molecule has 0 aliphatic carbocycles. The van der Waals surface area contributed by atoms with Crippen molar-refractivity contribution in [3.8, 4) is 0 Å². The van der Waals surface area contributed by atoms with Crippen LogP contribution in [0.3, 0.4) is 0 Å². The average Bonchev–Trinajstić information content (AvgIpc) is 2.13. The molecule has 1 rings (SSSR count). The minimum atomic E-state index is -1.09. The van der Waals surface area contributed by atoms with Crippen LogP contribution in [0.5, 0.6) is 0 Å². The van der Waals surface area contributed by atoms with Crippen LogP contribution in [0.2, 0.25) is 0 Å². The van der Waals surface area contributed by atoms with Crippen molar-refractivity contribution >= 4 is 126 Å². The summed E-state index contributed by atoms with van der Waals surface area (Å²) in [7, 11) is 0. The molecule has 2 N–H and O–H groups in total. The van der Waals surface area contributed by atoms with Gasteiger partial charge in [-0.25, -0.2) is 0 Å². The van der Waals surface area contributed by atoms with Crippen molar-refractivity contribution in [1.82, 2.24) is 0 Å². The summed E-state index contributed by atoms with van der Waals surface area (Å²) < 4.78 is 2.27. The van der Waals surface area contributed by atoms with Gasteiger partial charge in [0.1, 0.15) is 0 Å². The van der Waals surface area contributed by atoms with Gasteiger partial charge >= 0.3 is 143 Å². The number of halogens is 5. The monoisotopic (exact) mass is 692 g/mol. The van der Waals surface area contributed by atoms with E-state index in [-0.39, 0.29) is 39.5 Å². The number of carboxylic acid groups (broad SMARTS) is 2. The van der Waals surface area contributed by atoms with E-state index in [9.17, 15) is 9.59 Å². The molecule has 0 amide bonds. The Balaban J connectivity index is 0. The van der Waals surface area contributed by atoms with Crippen molar-refractivity contribution in [2.45, 2.75) is 0 Å². The second-order valence-electron chi connectivity index (χ2n) is 2.72. The molecular weight excluding hydrogens is 687 g/mol. The molecule has 102 valence electrons. The fourth-order valence-corrected chi connectivity index (χ4v) is 5.75. The Bertz CT molecular complexity index is 469. The number of hydrogen-bond donors (Lipinski definition) is 2. The van der Waals surface area contributed by atoms with Gasteiger partial charge in [0.05, 0.1) is 0 Å². The third-order valence-corrected chi connectivity index (χ3v) is 8.78. The molecule has 0 aliphatic rings. The molecule has 0 radical (unpaired) electrons. The van der Waals surface area contributed by atoms with Gasteiger partial charge in [-0.15, -0.1) is 24.8 Å². The fourth-order valence-electron chi connectivity index (χ4n) is 1.06. The van der Waals surface area contributed by atoms with Crippen LogP contribution >= 0.6 is 92.6 Å². The normalized spacial score (nSPS) is 9.11. The number of aromatic carboxylic acids is 2. The van der Waals surface area contributed by atoms with E-state index in [1.807, 2.05) is 45.2 Å². The van der Waals surface area contributed by atoms with Crippen LogP contribution in [-0.4, -0.2) is 39.0 Å². The van der Waals surface area contributed by atoms with Crippen LogP contribution < -0.4 is 4.35 Å². The Morgan fingerprint density at radius 3 is 1.33 bits per heavy atom. The van der Waals surface area contributed by atoms with Gasteiger partial charge in [-0.1, -0.05) is 0 Å². The Hall–Kier alpha value is 1.49. The first kappa shape index (κ1) is 21.8. The van der Waals surface area contributed by atoms with Crippen LogP contribution in [0.15, 0.2) is 0 Å². The molecule has 0 fully saturated rings. The van der Waals surface area contributed by atoms with E-state index in [1.165, 1.54) is 16.9 Å². The summed E-state index contributed by atoms with van der Waals surface area (Å²) in [6.07, 6.45) is 0. The van der Waals surface area contributed by atoms with Crippen molar-refractivity contribution in [3.05, 3.63) is 21.8 Å². The average molecular weight is 693 g/mol. The van der Waals surface area contributed by atoms with E-state index in [4.69, 9.17) is 10.2 Å². The van der Waals surface area contributed by atoms with E-state index < -0.39 is 11.9 Å². The van der Waals surface area contributed by atoms with Crippen molar-refractivity contribution in [2.24, 2.45) is 0 Å². The molecular formula is C8H6AsCl2I3O4. The Labute approximate surface area is 165 Å². The van der Waals surface area contributed by atoms with Gasteiger partial charge in [-0.3, -0.25) is 0 Å². The van der Waals surface area contributed by atoms with Gasteiger partial charge in [0.2, 0.25) is 0 Å². The van der Waals surface area contributed by atoms with Crippen molar-refractivity contribution in [3.63, 3.8) is 0 Å². The molecule has 1 unspecified atom stereocenters. The van der Waals surface area contributed by atoms with Gasteiger partial charge in [0, 0.05) is 0 Å². The predicted octanol–water partition coefficient (Wildman–Crippen LogP) is 2.00. The molecule has 4 nitrogen and oxygen atoms in total. The van der Waals surface area contributed by atoms with Crippen LogP contribution in [0.4, 0.5) is 0 Å². The van der Waals surface area contributed by atoms with Crippen molar-refractivity contribution in [2.75, 3.05) is 0 Å². The summed E-state index contributed by atoms with van der Waals surface area (Å²) >= 11 is 6.89. The van der Waals surface area contributed by atoms with Crippen LogP contribution in [0.1, 0.15) is 20.7 Å². The second-order valence-corrected chi connectivity index (χ2v) is 7.16. The third kappa shape index (κ3) is 4.24. The maximum atomic E-state index is 11.1. The van der Waals surface area contributed by atoms with E-state index in [2.05, 4.69) is 0 Å². The number of hydrogen-bond acceptors (Lipinski definition) is 2. The molecule has 1 atom stereocenters. The molecule has 10 heteroatoms. The number of carboxylic acids is 2.